The molecule has 1 aliphatic rings. The van der Waals surface area contributed by atoms with Crippen LogP contribution >= 0.6 is 0 Å². The molecule has 142 valence electrons. The highest BCUT2D eigenvalue weighted by Crippen LogP contribution is 2.31. The van der Waals surface area contributed by atoms with Crippen molar-refractivity contribution in [2.75, 3.05) is 11.4 Å². The van der Waals surface area contributed by atoms with E-state index < -0.39 is 0 Å². The van der Waals surface area contributed by atoms with Crippen LogP contribution in [0.15, 0.2) is 30.7 Å². The molecule has 0 amide bonds. The van der Waals surface area contributed by atoms with Crippen molar-refractivity contribution in [1.29, 1.82) is 0 Å². The molecule has 5 heterocycles. The topological polar surface area (TPSA) is 97.8 Å². The van der Waals surface area contributed by atoms with Crippen LogP contribution in [-0.4, -0.2) is 46.2 Å². The van der Waals surface area contributed by atoms with Crippen LogP contribution in [0.1, 0.15) is 17.0 Å². The number of aliphatic hydroxyl groups is 1. The molecular weight excluding hydrogens is 356 g/mol. The zero-order valence-electron chi connectivity index (χ0n) is 15.7. The Bertz CT molecular complexity index is 1160. The lowest BCUT2D eigenvalue weighted by Crippen LogP contribution is -2.32. The van der Waals surface area contributed by atoms with Gasteiger partial charge < -0.3 is 10.0 Å². The number of fused-ring (bicyclic) bond motifs is 2. The molecule has 4 aromatic rings. The van der Waals surface area contributed by atoms with E-state index in [1.54, 1.807) is 17.1 Å². The summed E-state index contributed by atoms with van der Waals surface area (Å²) in [7, 11) is 3.81. The Labute approximate surface area is 161 Å². The quantitative estimate of drug-likeness (QED) is 0.574. The highest BCUT2D eigenvalue weighted by molar-refractivity contribution is 5.88. The molecule has 0 saturated carbocycles. The summed E-state index contributed by atoms with van der Waals surface area (Å²) in [4.78, 5) is 15.9. The molecule has 28 heavy (non-hydrogen) atoms. The summed E-state index contributed by atoms with van der Waals surface area (Å²) in [5.41, 5.74) is 4.68. The average Bonchev–Trinajstić information content (AvgIpc) is 3.27. The van der Waals surface area contributed by atoms with Gasteiger partial charge in [0.15, 0.2) is 11.5 Å². The summed E-state index contributed by atoms with van der Waals surface area (Å²) in [5.74, 6) is 1.50. The van der Waals surface area contributed by atoms with Crippen molar-refractivity contribution in [2.24, 2.45) is 14.1 Å². The Morgan fingerprint density at radius 1 is 1.11 bits per heavy atom. The third-order valence-corrected chi connectivity index (χ3v) is 5.29. The van der Waals surface area contributed by atoms with Crippen LogP contribution in [0.4, 0.5) is 5.82 Å². The third-order valence-electron chi connectivity index (χ3n) is 5.29. The highest BCUT2D eigenvalue weighted by Gasteiger charge is 2.26. The number of aliphatic hydroxyl groups excluding tert-OH is 1. The predicted octanol–water partition coefficient (Wildman–Crippen LogP) is 1.21. The van der Waals surface area contributed by atoms with E-state index in [1.165, 1.54) is 5.69 Å². The number of pyridine rings is 1. The van der Waals surface area contributed by atoms with Crippen molar-refractivity contribution in [2.45, 2.75) is 19.6 Å². The summed E-state index contributed by atoms with van der Waals surface area (Å²) in [6.07, 6.45) is 6.13. The standard InChI is InChI=1S/C19H20N8O/c1-25-16-5-8-27(10-14(16)15(11-28)24-25)19-13-9-21-26(2)18(13)22-17(23-19)12-3-6-20-7-4-12/h3-4,6-7,9,28H,5,8,10-11H2,1-2H3. The maximum atomic E-state index is 9.69. The fourth-order valence-electron chi connectivity index (χ4n) is 3.86. The zero-order valence-corrected chi connectivity index (χ0v) is 15.7. The van der Waals surface area contributed by atoms with Crippen molar-refractivity contribution < 1.29 is 5.11 Å². The molecular formula is C19H20N8O. The lowest BCUT2D eigenvalue weighted by atomic mass is 10.0. The van der Waals surface area contributed by atoms with E-state index in [1.807, 2.05) is 37.1 Å². The van der Waals surface area contributed by atoms with Crippen LogP contribution < -0.4 is 4.90 Å². The van der Waals surface area contributed by atoms with E-state index in [9.17, 15) is 5.11 Å². The molecule has 9 nitrogen and oxygen atoms in total. The molecule has 0 unspecified atom stereocenters. The van der Waals surface area contributed by atoms with Crippen LogP contribution in [0.5, 0.6) is 0 Å². The Hall–Kier alpha value is -3.33. The van der Waals surface area contributed by atoms with Crippen molar-refractivity contribution in [1.82, 2.24) is 34.5 Å². The molecule has 0 fully saturated rings. The largest absolute Gasteiger partial charge is 0.390 e. The highest BCUT2D eigenvalue weighted by atomic mass is 16.3. The van der Waals surface area contributed by atoms with Gasteiger partial charge in [0.1, 0.15) is 5.82 Å². The van der Waals surface area contributed by atoms with Gasteiger partial charge in [-0.3, -0.25) is 14.3 Å². The summed E-state index contributed by atoms with van der Waals surface area (Å²) >= 11 is 0. The van der Waals surface area contributed by atoms with E-state index in [0.29, 0.717) is 12.4 Å². The number of hydrogen-bond donors (Lipinski definition) is 1. The van der Waals surface area contributed by atoms with E-state index in [4.69, 9.17) is 9.97 Å². The lowest BCUT2D eigenvalue weighted by Gasteiger charge is -2.29. The fourth-order valence-corrected chi connectivity index (χ4v) is 3.86. The van der Waals surface area contributed by atoms with Crippen LogP contribution in [0.3, 0.4) is 0 Å². The molecule has 0 bridgehead atoms. The first-order valence-electron chi connectivity index (χ1n) is 9.15. The van der Waals surface area contributed by atoms with Gasteiger partial charge in [0, 0.05) is 62.8 Å². The van der Waals surface area contributed by atoms with E-state index in [-0.39, 0.29) is 6.61 Å². The van der Waals surface area contributed by atoms with Gasteiger partial charge in [-0.1, -0.05) is 0 Å². The van der Waals surface area contributed by atoms with Gasteiger partial charge in [-0.15, -0.1) is 0 Å². The average molecular weight is 376 g/mol. The molecule has 1 aliphatic heterocycles. The first kappa shape index (κ1) is 16.8. The van der Waals surface area contributed by atoms with Crippen LogP contribution in [-0.2, 0) is 33.7 Å². The summed E-state index contributed by atoms with van der Waals surface area (Å²) in [5, 5.41) is 19.4. The number of hydrogen-bond acceptors (Lipinski definition) is 7. The van der Waals surface area contributed by atoms with Crippen LogP contribution in [0.25, 0.3) is 22.4 Å². The minimum atomic E-state index is -0.0641. The Kier molecular flexibility index (Phi) is 3.83. The molecule has 0 radical (unpaired) electrons. The third kappa shape index (κ3) is 2.55. The molecule has 4 aromatic heterocycles. The summed E-state index contributed by atoms with van der Waals surface area (Å²) in [6.45, 7) is 1.40. The fraction of sp³-hybridized carbons (Fsp3) is 0.316. The van der Waals surface area contributed by atoms with Gasteiger partial charge in [-0.25, -0.2) is 9.97 Å². The van der Waals surface area contributed by atoms with Crippen molar-refractivity contribution in [3.05, 3.63) is 47.7 Å². The number of aromatic nitrogens is 7. The first-order valence-corrected chi connectivity index (χ1v) is 9.15. The normalized spacial score (nSPS) is 13.9. The predicted molar refractivity (Wildman–Crippen MR) is 103 cm³/mol. The van der Waals surface area contributed by atoms with Crippen LogP contribution in [0.2, 0.25) is 0 Å². The Balaban J connectivity index is 1.64. The molecule has 5 rings (SSSR count). The van der Waals surface area contributed by atoms with Crippen LogP contribution in [0, 0.1) is 0 Å². The maximum Gasteiger partial charge on any atom is 0.164 e. The molecule has 1 N–H and O–H groups in total. The minimum absolute atomic E-state index is 0.0641. The smallest absolute Gasteiger partial charge is 0.164 e. The summed E-state index contributed by atoms with van der Waals surface area (Å²) in [6, 6.07) is 3.81. The van der Waals surface area contributed by atoms with E-state index >= 15 is 0 Å². The molecule has 0 saturated heterocycles. The number of rotatable bonds is 3. The van der Waals surface area contributed by atoms with Gasteiger partial charge in [-0.2, -0.15) is 10.2 Å². The van der Waals surface area contributed by atoms with Crippen molar-refractivity contribution in [3.8, 4) is 11.4 Å². The second-order valence-electron chi connectivity index (χ2n) is 6.94. The Morgan fingerprint density at radius 2 is 1.93 bits per heavy atom. The van der Waals surface area contributed by atoms with Gasteiger partial charge in [-0.05, 0) is 12.1 Å². The van der Waals surface area contributed by atoms with Gasteiger partial charge in [0.2, 0.25) is 0 Å². The molecule has 0 aliphatic carbocycles. The second-order valence-corrected chi connectivity index (χ2v) is 6.94. The summed E-state index contributed by atoms with van der Waals surface area (Å²) < 4.78 is 3.64. The Morgan fingerprint density at radius 3 is 2.71 bits per heavy atom. The zero-order chi connectivity index (χ0) is 19.3. The van der Waals surface area contributed by atoms with Crippen molar-refractivity contribution >= 4 is 16.9 Å². The molecule has 0 atom stereocenters. The van der Waals surface area contributed by atoms with Gasteiger partial charge >= 0.3 is 0 Å². The number of aryl methyl sites for hydroxylation is 2. The lowest BCUT2D eigenvalue weighted by molar-refractivity contribution is 0.274. The molecule has 0 spiro atoms. The number of nitrogens with zero attached hydrogens (tertiary/aromatic N) is 8. The first-order chi connectivity index (χ1) is 13.7. The minimum Gasteiger partial charge on any atom is -0.390 e. The molecule has 9 heteroatoms. The monoisotopic (exact) mass is 376 g/mol. The van der Waals surface area contributed by atoms with Gasteiger partial charge in [0.25, 0.3) is 0 Å². The second kappa shape index (κ2) is 6.38. The number of anilines is 1. The molecule has 0 aromatic carbocycles. The van der Waals surface area contributed by atoms with Crippen molar-refractivity contribution in [3.63, 3.8) is 0 Å². The van der Waals surface area contributed by atoms with E-state index in [0.717, 1.165) is 46.6 Å². The van der Waals surface area contributed by atoms with E-state index in [2.05, 4.69) is 20.1 Å². The maximum absolute atomic E-state index is 9.69. The SMILES string of the molecule is Cn1nc(CO)c2c1CCN(c1nc(-c3ccncc3)nc3c1cnn3C)C2. The van der Waals surface area contributed by atoms with Gasteiger partial charge in [0.05, 0.1) is 23.9 Å².